The maximum Gasteiger partial charge on any atom is 0.387 e. The number of β-amino-alcohol motifs (C(OH)–C–C–N with tert-alkyl or cyclic N) is 1. The Hall–Kier alpha value is -3.44. The number of nitrogens with zero attached hydrogens (tertiary/aromatic N) is 3. The van der Waals surface area contributed by atoms with Crippen LogP contribution in [-0.4, -0.2) is 77.9 Å². The molecule has 1 atom stereocenters. The first kappa shape index (κ1) is 26.2. The molecule has 0 bridgehead atoms. The zero-order valence-corrected chi connectivity index (χ0v) is 21.2. The van der Waals surface area contributed by atoms with Crippen LogP contribution in [0.5, 0.6) is 17.2 Å². The molecule has 3 heterocycles. The molecule has 1 aromatic carbocycles. The number of likely N-dealkylation sites (tertiary alicyclic amines) is 1. The third-order valence-electron chi connectivity index (χ3n) is 6.93. The Labute approximate surface area is 220 Å². The lowest BCUT2D eigenvalue weighted by molar-refractivity contribution is -0.0502. The summed E-state index contributed by atoms with van der Waals surface area (Å²) in [4.78, 5) is 19.5. The van der Waals surface area contributed by atoms with Crippen LogP contribution in [0, 0.1) is 5.92 Å². The standard InChI is InChI=1S/C27H32F2N4O5.H2/c1-36-22-11-18(12-23(38-27(28)29)25(22)26(35)31-19-4-5-19)21-14-30-24-13-20(6-8-33(21)24)37-16-17-3-2-7-32(15-17)9-10-34;/h6,8,11-14,17,19,27,34H,2-5,7,9-10,15-16H2,1H3,(H,31,35);1H/t17-;/m1./s1. The number of carbonyl (C=O) groups is 1. The number of carbonyl (C=O) groups excluding carboxylic acids is 1. The molecule has 0 unspecified atom stereocenters. The molecule has 1 saturated heterocycles. The van der Waals surface area contributed by atoms with Crippen LogP contribution in [0.2, 0.25) is 0 Å². The van der Waals surface area contributed by atoms with Crippen molar-refractivity contribution in [2.75, 3.05) is 40.0 Å². The first-order chi connectivity index (χ1) is 18.4. The lowest BCUT2D eigenvalue weighted by atomic mass is 9.99. The summed E-state index contributed by atoms with van der Waals surface area (Å²) in [7, 11) is 1.38. The van der Waals surface area contributed by atoms with Crippen LogP contribution in [0.4, 0.5) is 8.78 Å². The summed E-state index contributed by atoms with van der Waals surface area (Å²) in [6.07, 6.45) is 7.30. The smallest absolute Gasteiger partial charge is 0.387 e. The van der Waals surface area contributed by atoms with Crippen molar-refractivity contribution in [3.8, 4) is 28.5 Å². The minimum absolute atomic E-state index is 0. The topological polar surface area (TPSA) is 97.6 Å². The van der Waals surface area contributed by atoms with Gasteiger partial charge in [0.2, 0.25) is 0 Å². The zero-order valence-electron chi connectivity index (χ0n) is 21.2. The molecule has 1 amide bonds. The monoisotopic (exact) mass is 532 g/mol. The highest BCUT2D eigenvalue weighted by Crippen LogP contribution is 2.37. The summed E-state index contributed by atoms with van der Waals surface area (Å²) in [6, 6.07) is 6.72. The number of imidazole rings is 1. The van der Waals surface area contributed by atoms with Crippen molar-refractivity contribution in [2.24, 2.45) is 5.92 Å². The van der Waals surface area contributed by atoms with E-state index in [2.05, 4.69) is 15.2 Å². The van der Waals surface area contributed by atoms with Gasteiger partial charge in [0.15, 0.2) is 0 Å². The highest BCUT2D eigenvalue weighted by Gasteiger charge is 2.29. The molecule has 1 aliphatic heterocycles. The number of aliphatic hydroxyl groups excluding tert-OH is 1. The van der Waals surface area contributed by atoms with E-state index in [0.29, 0.717) is 41.7 Å². The number of aromatic nitrogens is 2. The fraction of sp³-hybridized carbons (Fsp3) is 0.481. The van der Waals surface area contributed by atoms with E-state index in [1.54, 1.807) is 22.9 Å². The Balaban J connectivity index is 0.00000353. The van der Waals surface area contributed by atoms with Gasteiger partial charge in [0.25, 0.3) is 5.91 Å². The van der Waals surface area contributed by atoms with Gasteiger partial charge in [-0.3, -0.25) is 9.20 Å². The molecule has 0 radical (unpaired) electrons. The normalized spacial score (nSPS) is 18.1. The molecule has 38 heavy (non-hydrogen) atoms. The number of methoxy groups -OCH3 is 1. The van der Waals surface area contributed by atoms with Crippen molar-refractivity contribution in [1.29, 1.82) is 0 Å². The Morgan fingerprint density at radius 3 is 2.82 bits per heavy atom. The molecule has 3 aromatic rings. The molecule has 0 spiro atoms. The Kier molecular flexibility index (Phi) is 7.94. The Morgan fingerprint density at radius 2 is 2.08 bits per heavy atom. The number of pyridine rings is 1. The minimum Gasteiger partial charge on any atom is -0.496 e. The second kappa shape index (κ2) is 11.5. The maximum atomic E-state index is 13.3. The van der Waals surface area contributed by atoms with Crippen LogP contribution in [-0.2, 0) is 0 Å². The van der Waals surface area contributed by atoms with Crippen molar-refractivity contribution >= 4 is 11.6 Å². The Bertz CT molecular complexity index is 1280. The number of fused-ring (bicyclic) bond motifs is 1. The number of piperidine rings is 1. The number of aliphatic hydroxyl groups is 1. The van der Waals surface area contributed by atoms with Gasteiger partial charge >= 0.3 is 6.61 Å². The quantitative estimate of drug-likeness (QED) is 0.387. The molecule has 2 aliphatic rings. The van der Waals surface area contributed by atoms with E-state index in [-0.39, 0.29) is 31.1 Å². The van der Waals surface area contributed by atoms with Crippen LogP contribution < -0.4 is 19.5 Å². The number of amides is 1. The van der Waals surface area contributed by atoms with Gasteiger partial charge in [0, 0.05) is 44.3 Å². The van der Waals surface area contributed by atoms with Crippen molar-refractivity contribution in [3.63, 3.8) is 0 Å². The number of ether oxygens (including phenoxy) is 3. The molecule has 1 saturated carbocycles. The largest absolute Gasteiger partial charge is 0.496 e. The summed E-state index contributed by atoms with van der Waals surface area (Å²) in [5.74, 6) is 0.432. The fourth-order valence-corrected chi connectivity index (χ4v) is 4.91. The first-order valence-corrected chi connectivity index (χ1v) is 12.9. The van der Waals surface area contributed by atoms with Gasteiger partial charge in [-0.15, -0.1) is 0 Å². The predicted molar refractivity (Wildman–Crippen MR) is 138 cm³/mol. The van der Waals surface area contributed by atoms with E-state index in [1.807, 2.05) is 12.1 Å². The molecule has 2 N–H and O–H groups in total. The average molecular weight is 533 g/mol. The summed E-state index contributed by atoms with van der Waals surface area (Å²) in [5.41, 5.74) is 1.68. The highest BCUT2D eigenvalue weighted by molar-refractivity contribution is 6.01. The SMILES string of the molecule is COc1cc(-c2cnc3cc(OC[C@@H]4CCCN(CCO)C4)ccn23)cc(OC(F)F)c1C(=O)NC1CC1.[HH]. The third kappa shape index (κ3) is 5.99. The minimum atomic E-state index is -3.11. The van der Waals surface area contributed by atoms with Crippen molar-refractivity contribution in [3.05, 3.63) is 42.2 Å². The van der Waals surface area contributed by atoms with E-state index in [4.69, 9.17) is 14.2 Å². The van der Waals surface area contributed by atoms with E-state index in [0.717, 1.165) is 38.8 Å². The number of hydrogen-bond donors (Lipinski definition) is 2. The lowest BCUT2D eigenvalue weighted by Crippen LogP contribution is -2.39. The molecular weight excluding hydrogens is 498 g/mol. The van der Waals surface area contributed by atoms with Gasteiger partial charge in [0.05, 0.1) is 32.2 Å². The van der Waals surface area contributed by atoms with Crippen LogP contribution in [0.3, 0.4) is 0 Å². The molecule has 2 aromatic heterocycles. The molecule has 1 aliphatic carbocycles. The number of hydrogen-bond acceptors (Lipinski definition) is 7. The zero-order chi connectivity index (χ0) is 26.6. The summed E-state index contributed by atoms with van der Waals surface area (Å²) in [5, 5.41) is 12.0. The van der Waals surface area contributed by atoms with Crippen molar-refractivity contribution in [1.82, 2.24) is 19.6 Å². The maximum absolute atomic E-state index is 13.3. The van der Waals surface area contributed by atoms with Gasteiger partial charge in [-0.2, -0.15) is 8.78 Å². The van der Waals surface area contributed by atoms with Crippen LogP contribution in [0.15, 0.2) is 36.7 Å². The molecular formula is C27H34F2N4O5. The number of nitrogens with one attached hydrogen (secondary N) is 1. The van der Waals surface area contributed by atoms with E-state index >= 15 is 0 Å². The summed E-state index contributed by atoms with van der Waals surface area (Å²) >= 11 is 0. The molecule has 2 fully saturated rings. The highest BCUT2D eigenvalue weighted by atomic mass is 19.3. The van der Waals surface area contributed by atoms with Crippen LogP contribution >= 0.6 is 0 Å². The molecule has 5 rings (SSSR count). The third-order valence-corrected chi connectivity index (χ3v) is 6.93. The second-order valence-corrected chi connectivity index (χ2v) is 9.76. The van der Waals surface area contributed by atoms with Crippen LogP contribution in [0.25, 0.3) is 16.9 Å². The Morgan fingerprint density at radius 1 is 1.26 bits per heavy atom. The first-order valence-electron chi connectivity index (χ1n) is 12.9. The van der Waals surface area contributed by atoms with E-state index in [1.165, 1.54) is 13.2 Å². The van der Waals surface area contributed by atoms with Gasteiger partial charge in [0.1, 0.15) is 28.5 Å². The number of halogens is 2. The summed E-state index contributed by atoms with van der Waals surface area (Å²) < 4.78 is 44.6. The number of benzene rings is 1. The van der Waals surface area contributed by atoms with Gasteiger partial charge < -0.3 is 29.5 Å². The number of alkyl halides is 2. The van der Waals surface area contributed by atoms with Gasteiger partial charge in [-0.05, 0) is 50.4 Å². The predicted octanol–water partition coefficient (Wildman–Crippen LogP) is 3.83. The summed E-state index contributed by atoms with van der Waals surface area (Å²) in [6.45, 7) is 0.201. The molecule has 11 heteroatoms. The van der Waals surface area contributed by atoms with E-state index < -0.39 is 12.5 Å². The van der Waals surface area contributed by atoms with Crippen molar-refractivity contribution in [2.45, 2.75) is 38.3 Å². The van der Waals surface area contributed by atoms with Gasteiger partial charge in [-0.1, -0.05) is 0 Å². The average Bonchev–Trinajstić information content (AvgIpc) is 3.62. The molecule has 9 nitrogen and oxygen atoms in total. The van der Waals surface area contributed by atoms with E-state index in [9.17, 15) is 18.7 Å². The lowest BCUT2D eigenvalue weighted by Gasteiger charge is -2.32. The molecule has 206 valence electrons. The number of rotatable bonds is 11. The van der Waals surface area contributed by atoms with Crippen LogP contribution in [0.1, 0.15) is 37.5 Å². The van der Waals surface area contributed by atoms with Crippen molar-refractivity contribution < 1.29 is 34.3 Å². The van der Waals surface area contributed by atoms with Gasteiger partial charge in [-0.25, -0.2) is 4.98 Å². The fourth-order valence-electron chi connectivity index (χ4n) is 4.91. The second-order valence-electron chi connectivity index (χ2n) is 9.76.